The first-order valence-electron chi connectivity index (χ1n) is 6.43. The van der Waals surface area contributed by atoms with Gasteiger partial charge in [0.05, 0.1) is 4.90 Å². The smallest absolute Gasteiger partial charge is 0.238 e. The van der Waals surface area contributed by atoms with E-state index in [2.05, 4.69) is 12.2 Å². The zero-order valence-corrected chi connectivity index (χ0v) is 12.6. The van der Waals surface area contributed by atoms with Crippen LogP contribution in [0.4, 0.5) is 0 Å². The molecule has 1 aromatic carbocycles. The molecule has 0 bridgehead atoms. The summed E-state index contributed by atoms with van der Waals surface area (Å²) in [6.07, 6.45) is 2.48. The Kier molecular flexibility index (Phi) is 4.89. The Morgan fingerprint density at radius 1 is 1.37 bits per heavy atom. The van der Waals surface area contributed by atoms with Gasteiger partial charge < -0.3 is 5.32 Å². The fourth-order valence-corrected chi connectivity index (χ4v) is 3.87. The van der Waals surface area contributed by atoms with E-state index in [1.807, 2.05) is 23.9 Å². The van der Waals surface area contributed by atoms with Crippen LogP contribution in [0.5, 0.6) is 0 Å². The molecule has 1 aliphatic rings. The number of nitrogens with one attached hydrogen (secondary N) is 1. The molecule has 0 aliphatic carbocycles. The molecule has 1 fully saturated rings. The van der Waals surface area contributed by atoms with Crippen LogP contribution in [-0.4, -0.2) is 26.0 Å². The molecule has 4 nitrogen and oxygen atoms in total. The SMILES string of the molecule is CC(NC1CCCSC1)c1ccc(S(N)(=O)=O)cc1. The second-order valence-electron chi connectivity index (χ2n) is 4.92. The zero-order valence-electron chi connectivity index (χ0n) is 11.0. The van der Waals surface area contributed by atoms with Gasteiger partial charge in [-0.3, -0.25) is 0 Å². The average Bonchev–Trinajstić information content (AvgIpc) is 2.39. The minimum atomic E-state index is -3.60. The molecule has 0 aromatic heterocycles. The third-order valence-electron chi connectivity index (χ3n) is 3.35. The largest absolute Gasteiger partial charge is 0.307 e. The lowest BCUT2D eigenvalue weighted by atomic mass is 10.1. The molecule has 1 aromatic rings. The van der Waals surface area contributed by atoms with E-state index in [0.29, 0.717) is 6.04 Å². The fourth-order valence-electron chi connectivity index (χ4n) is 2.27. The number of primary sulfonamides is 1. The topological polar surface area (TPSA) is 72.2 Å². The summed E-state index contributed by atoms with van der Waals surface area (Å²) in [6, 6.07) is 7.56. The zero-order chi connectivity index (χ0) is 13.9. The van der Waals surface area contributed by atoms with Gasteiger partial charge in [-0.25, -0.2) is 13.6 Å². The number of benzene rings is 1. The first-order chi connectivity index (χ1) is 8.97. The Morgan fingerprint density at radius 3 is 2.58 bits per heavy atom. The van der Waals surface area contributed by atoms with Crippen LogP contribution in [0.1, 0.15) is 31.4 Å². The van der Waals surface area contributed by atoms with Crippen LogP contribution in [0.15, 0.2) is 29.2 Å². The third kappa shape index (κ3) is 4.21. The summed E-state index contributed by atoms with van der Waals surface area (Å²) in [6.45, 7) is 2.10. The minimum Gasteiger partial charge on any atom is -0.307 e. The van der Waals surface area contributed by atoms with Crippen LogP contribution in [-0.2, 0) is 10.0 Å². The van der Waals surface area contributed by atoms with Crippen molar-refractivity contribution >= 4 is 21.8 Å². The average molecular weight is 300 g/mol. The van der Waals surface area contributed by atoms with Crippen LogP contribution in [0.2, 0.25) is 0 Å². The van der Waals surface area contributed by atoms with Crippen molar-refractivity contribution in [2.24, 2.45) is 5.14 Å². The number of thioether (sulfide) groups is 1. The van der Waals surface area contributed by atoms with Gasteiger partial charge in [-0.2, -0.15) is 11.8 Å². The number of nitrogens with two attached hydrogens (primary N) is 1. The summed E-state index contributed by atoms with van der Waals surface area (Å²) in [5.74, 6) is 2.41. The first kappa shape index (κ1) is 14.8. The lowest BCUT2D eigenvalue weighted by molar-refractivity contribution is 0.452. The molecule has 0 spiro atoms. The van der Waals surface area contributed by atoms with Crippen LogP contribution in [0, 0.1) is 0 Å². The van der Waals surface area contributed by atoms with E-state index in [1.165, 1.54) is 18.6 Å². The van der Waals surface area contributed by atoms with Crippen LogP contribution >= 0.6 is 11.8 Å². The Balaban J connectivity index is 2.01. The van der Waals surface area contributed by atoms with Gasteiger partial charge in [0.25, 0.3) is 0 Å². The van der Waals surface area contributed by atoms with Crippen molar-refractivity contribution in [2.45, 2.75) is 36.7 Å². The maximum atomic E-state index is 11.2. The molecule has 0 radical (unpaired) electrons. The van der Waals surface area contributed by atoms with Crippen molar-refractivity contribution in [2.75, 3.05) is 11.5 Å². The van der Waals surface area contributed by atoms with E-state index in [9.17, 15) is 8.42 Å². The lowest BCUT2D eigenvalue weighted by Gasteiger charge is -2.26. The predicted octanol–water partition coefficient (Wildman–Crippen LogP) is 1.88. The summed E-state index contributed by atoms with van der Waals surface area (Å²) in [7, 11) is -3.60. The number of sulfonamides is 1. The van der Waals surface area contributed by atoms with Crippen LogP contribution < -0.4 is 10.5 Å². The van der Waals surface area contributed by atoms with Gasteiger partial charge in [-0.1, -0.05) is 12.1 Å². The Labute approximate surface area is 119 Å². The van der Waals surface area contributed by atoms with Crippen molar-refractivity contribution in [3.63, 3.8) is 0 Å². The predicted molar refractivity (Wildman–Crippen MR) is 79.7 cm³/mol. The maximum Gasteiger partial charge on any atom is 0.238 e. The third-order valence-corrected chi connectivity index (χ3v) is 5.50. The Morgan fingerprint density at radius 2 is 2.05 bits per heavy atom. The molecule has 3 N–H and O–H groups in total. The van der Waals surface area contributed by atoms with Crippen molar-refractivity contribution in [1.82, 2.24) is 5.32 Å². The summed E-state index contributed by atoms with van der Waals surface area (Å²) < 4.78 is 22.4. The summed E-state index contributed by atoms with van der Waals surface area (Å²) in [5.41, 5.74) is 1.09. The standard InChI is InChI=1S/C13H20N2O2S2/c1-10(15-12-3-2-8-18-9-12)11-4-6-13(7-5-11)19(14,16)17/h4-7,10,12,15H,2-3,8-9H2,1H3,(H2,14,16,17). The molecule has 2 atom stereocenters. The molecule has 0 amide bonds. The van der Waals surface area contributed by atoms with E-state index in [4.69, 9.17) is 5.14 Å². The number of rotatable bonds is 4. The highest BCUT2D eigenvalue weighted by atomic mass is 32.2. The summed E-state index contributed by atoms with van der Waals surface area (Å²) >= 11 is 1.99. The first-order valence-corrected chi connectivity index (χ1v) is 9.13. The van der Waals surface area contributed by atoms with Gasteiger partial charge in [-0.05, 0) is 43.2 Å². The van der Waals surface area contributed by atoms with Gasteiger partial charge in [-0.15, -0.1) is 0 Å². The van der Waals surface area contributed by atoms with Crippen molar-refractivity contribution in [3.05, 3.63) is 29.8 Å². The second-order valence-corrected chi connectivity index (χ2v) is 7.63. The maximum absolute atomic E-state index is 11.2. The highest BCUT2D eigenvalue weighted by molar-refractivity contribution is 7.99. The summed E-state index contributed by atoms with van der Waals surface area (Å²) in [5, 5.41) is 8.68. The van der Waals surface area contributed by atoms with Crippen LogP contribution in [0.25, 0.3) is 0 Å². The second kappa shape index (κ2) is 6.26. The monoisotopic (exact) mass is 300 g/mol. The van der Waals surface area contributed by atoms with Gasteiger partial charge in [0.15, 0.2) is 0 Å². The van der Waals surface area contributed by atoms with Crippen LogP contribution in [0.3, 0.4) is 0 Å². The van der Waals surface area contributed by atoms with Gasteiger partial charge in [0.2, 0.25) is 10.0 Å². The molecule has 6 heteroatoms. The fraction of sp³-hybridized carbons (Fsp3) is 0.538. The van der Waals surface area contributed by atoms with E-state index in [1.54, 1.807) is 12.1 Å². The molecular formula is C13H20N2O2S2. The molecule has 2 rings (SSSR count). The molecule has 1 aliphatic heterocycles. The molecular weight excluding hydrogens is 280 g/mol. The van der Waals surface area contributed by atoms with E-state index in [0.717, 1.165) is 11.3 Å². The minimum absolute atomic E-state index is 0.164. The quantitative estimate of drug-likeness (QED) is 0.890. The highest BCUT2D eigenvalue weighted by Crippen LogP contribution is 2.21. The lowest BCUT2D eigenvalue weighted by Crippen LogP contribution is -2.35. The van der Waals surface area contributed by atoms with Gasteiger partial charge in [0.1, 0.15) is 0 Å². The Bertz CT molecular complexity index is 508. The molecule has 1 saturated heterocycles. The normalized spacial score (nSPS) is 22.1. The van der Waals surface area contributed by atoms with Crippen molar-refractivity contribution in [1.29, 1.82) is 0 Å². The number of hydrogen-bond donors (Lipinski definition) is 2. The van der Waals surface area contributed by atoms with Gasteiger partial charge in [0, 0.05) is 17.8 Å². The number of hydrogen-bond acceptors (Lipinski definition) is 4. The molecule has 2 unspecified atom stereocenters. The van der Waals surface area contributed by atoms with E-state index in [-0.39, 0.29) is 10.9 Å². The molecule has 19 heavy (non-hydrogen) atoms. The molecule has 1 heterocycles. The van der Waals surface area contributed by atoms with Gasteiger partial charge >= 0.3 is 0 Å². The van der Waals surface area contributed by atoms with E-state index < -0.39 is 10.0 Å². The summed E-state index contributed by atoms with van der Waals surface area (Å²) in [4.78, 5) is 0.164. The Hall–Kier alpha value is -0.560. The van der Waals surface area contributed by atoms with Crippen molar-refractivity contribution in [3.8, 4) is 0 Å². The molecule has 106 valence electrons. The molecule has 0 saturated carbocycles. The van der Waals surface area contributed by atoms with Crippen molar-refractivity contribution < 1.29 is 8.42 Å². The highest BCUT2D eigenvalue weighted by Gasteiger charge is 2.17. The van der Waals surface area contributed by atoms with E-state index >= 15 is 0 Å².